The highest BCUT2D eigenvalue weighted by Crippen LogP contribution is 2.40. The summed E-state index contributed by atoms with van der Waals surface area (Å²) in [5.74, 6) is -1.97. The zero-order valence-electron chi connectivity index (χ0n) is 12.6. The van der Waals surface area contributed by atoms with E-state index in [1.165, 1.54) is 11.0 Å². The number of alkyl halides is 1. The van der Waals surface area contributed by atoms with E-state index in [1.807, 2.05) is 6.92 Å². The van der Waals surface area contributed by atoms with Crippen molar-refractivity contribution in [1.29, 1.82) is 0 Å². The van der Waals surface area contributed by atoms with Gasteiger partial charge in [-0.1, -0.05) is 6.07 Å². The van der Waals surface area contributed by atoms with Gasteiger partial charge in [-0.25, -0.2) is 9.18 Å². The Morgan fingerprint density at radius 3 is 2.77 bits per heavy atom. The van der Waals surface area contributed by atoms with E-state index < -0.39 is 17.5 Å². The number of hydrogen-bond acceptors (Lipinski definition) is 3. The highest BCUT2D eigenvalue weighted by atomic mass is 19.1. The van der Waals surface area contributed by atoms with Crippen molar-refractivity contribution in [3.63, 3.8) is 0 Å². The van der Waals surface area contributed by atoms with Gasteiger partial charge in [0.1, 0.15) is 0 Å². The molecule has 0 bridgehead atoms. The van der Waals surface area contributed by atoms with Crippen molar-refractivity contribution in [3.05, 3.63) is 28.8 Å². The van der Waals surface area contributed by atoms with Gasteiger partial charge in [0, 0.05) is 31.1 Å². The van der Waals surface area contributed by atoms with E-state index >= 15 is 4.39 Å². The maximum Gasteiger partial charge on any atom is 0.336 e. The molecule has 2 saturated heterocycles. The Labute approximate surface area is 128 Å². The van der Waals surface area contributed by atoms with Gasteiger partial charge in [0.05, 0.1) is 5.56 Å². The molecule has 5 nitrogen and oxygen atoms in total. The summed E-state index contributed by atoms with van der Waals surface area (Å²) >= 11 is 0. The van der Waals surface area contributed by atoms with Crippen molar-refractivity contribution in [1.82, 2.24) is 5.32 Å². The number of anilines is 1. The second-order valence-electron chi connectivity index (χ2n) is 6.19. The molecule has 2 N–H and O–H groups in total. The van der Waals surface area contributed by atoms with Crippen molar-refractivity contribution in [2.45, 2.75) is 25.9 Å². The molecule has 3 rings (SSSR count). The largest absolute Gasteiger partial charge is 0.478 e. The molecule has 2 heterocycles. The number of carboxylic acid groups (broad SMARTS) is 1. The van der Waals surface area contributed by atoms with E-state index in [4.69, 9.17) is 0 Å². The van der Waals surface area contributed by atoms with E-state index in [9.17, 15) is 14.7 Å². The first-order valence-corrected chi connectivity index (χ1v) is 7.40. The SMILES string of the molecule is Cc1cc(C)c(N2C[C@@H]3CNCC[C@]3(F)C2=O)cc1C(=O)O. The first kappa shape index (κ1) is 15.0. The molecule has 2 fully saturated rings. The molecule has 1 aromatic carbocycles. The van der Waals surface area contributed by atoms with Gasteiger partial charge in [-0.05, 0) is 37.6 Å². The number of hydrogen-bond donors (Lipinski definition) is 2. The summed E-state index contributed by atoms with van der Waals surface area (Å²) in [5, 5.41) is 12.4. The molecule has 2 aliphatic rings. The first-order valence-electron chi connectivity index (χ1n) is 7.40. The number of carboxylic acids is 1. The van der Waals surface area contributed by atoms with Crippen LogP contribution in [-0.2, 0) is 4.79 Å². The van der Waals surface area contributed by atoms with Crippen LogP contribution in [0.2, 0.25) is 0 Å². The molecular weight excluding hydrogens is 287 g/mol. The standard InChI is InChI=1S/C16H19FN2O3/c1-9-5-10(2)13(6-12(9)14(20)21)19-8-11-7-18-4-3-16(11,17)15(19)22/h5-6,11,18H,3-4,7-8H2,1-2H3,(H,20,21)/t11-,16+/m0/s1. The van der Waals surface area contributed by atoms with Crippen molar-refractivity contribution in [2.24, 2.45) is 5.92 Å². The van der Waals surface area contributed by atoms with Gasteiger partial charge in [0.2, 0.25) is 0 Å². The molecule has 0 saturated carbocycles. The third kappa shape index (κ3) is 2.09. The van der Waals surface area contributed by atoms with Gasteiger partial charge in [0.15, 0.2) is 5.67 Å². The van der Waals surface area contributed by atoms with Gasteiger partial charge in [-0.15, -0.1) is 0 Å². The summed E-state index contributed by atoms with van der Waals surface area (Å²) in [5.41, 5.74) is 0.237. The maximum atomic E-state index is 15.0. The van der Waals surface area contributed by atoms with E-state index in [0.717, 1.165) is 5.56 Å². The van der Waals surface area contributed by atoms with Crippen LogP contribution in [0.25, 0.3) is 0 Å². The molecule has 22 heavy (non-hydrogen) atoms. The van der Waals surface area contributed by atoms with Crippen LogP contribution < -0.4 is 10.2 Å². The minimum atomic E-state index is -1.83. The molecule has 2 aliphatic heterocycles. The Hall–Kier alpha value is -1.95. The molecular formula is C16H19FN2O3. The number of amides is 1. The quantitative estimate of drug-likeness (QED) is 0.872. The minimum absolute atomic E-state index is 0.148. The predicted molar refractivity (Wildman–Crippen MR) is 80.0 cm³/mol. The monoisotopic (exact) mass is 306 g/mol. The first-order chi connectivity index (χ1) is 10.3. The average Bonchev–Trinajstić information content (AvgIpc) is 2.71. The van der Waals surface area contributed by atoms with Crippen LogP contribution in [-0.4, -0.2) is 42.3 Å². The summed E-state index contributed by atoms with van der Waals surface area (Å²) in [7, 11) is 0. The fourth-order valence-electron chi connectivity index (χ4n) is 3.50. The zero-order chi connectivity index (χ0) is 16.1. The number of halogens is 1. The topological polar surface area (TPSA) is 69.6 Å². The molecule has 118 valence electrons. The molecule has 0 spiro atoms. The number of aryl methyl sites for hydroxylation is 2. The summed E-state index contributed by atoms with van der Waals surface area (Å²) in [6.45, 7) is 4.76. The number of nitrogens with one attached hydrogen (secondary N) is 1. The zero-order valence-corrected chi connectivity index (χ0v) is 12.6. The van der Waals surface area contributed by atoms with Gasteiger partial charge in [-0.3, -0.25) is 4.79 Å². The Morgan fingerprint density at radius 2 is 2.14 bits per heavy atom. The van der Waals surface area contributed by atoms with E-state index in [2.05, 4.69) is 5.32 Å². The van der Waals surface area contributed by atoms with Crippen LogP contribution in [0.3, 0.4) is 0 Å². The number of rotatable bonds is 2. The van der Waals surface area contributed by atoms with Crippen molar-refractivity contribution < 1.29 is 19.1 Å². The number of carbonyl (C=O) groups is 2. The third-order valence-corrected chi connectivity index (χ3v) is 4.77. The second-order valence-corrected chi connectivity index (χ2v) is 6.19. The second kappa shape index (κ2) is 5.05. The number of aromatic carboxylic acids is 1. The van der Waals surface area contributed by atoms with Gasteiger partial charge < -0.3 is 15.3 Å². The number of nitrogens with zero attached hydrogens (tertiary/aromatic N) is 1. The van der Waals surface area contributed by atoms with Crippen LogP contribution in [0, 0.1) is 19.8 Å². The van der Waals surface area contributed by atoms with Crippen molar-refractivity contribution >= 4 is 17.6 Å². The van der Waals surface area contributed by atoms with Gasteiger partial charge >= 0.3 is 5.97 Å². The van der Waals surface area contributed by atoms with E-state index in [0.29, 0.717) is 24.3 Å². The van der Waals surface area contributed by atoms with Gasteiger partial charge in [-0.2, -0.15) is 0 Å². The smallest absolute Gasteiger partial charge is 0.336 e. The lowest BCUT2D eigenvalue weighted by Gasteiger charge is -2.29. The highest BCUT2D eigenvalue weighted by Gasteiger charge is 2.56. The lowest BCUT2D eigenvalue weighted by Crippen LogP contribution is -2.49. The molecule has 1 amide bonds. The van der Waals surface area contributed by atoms with Crippen LogP contribution in [0.1, 0.15) is 27.9 Å². The predicted octanol–water partition coefficient (Wildman–Crippen LogP) is 1.67. The van der Waals surface area contributed by atoms with Crippen LogP contribution in [0.5, 0.6) is 0 Å². The Kier molecular flexibility index (Phi) is 3.44. The molecule has 0 aliphatic carbocycles. The number of fused-ring (bicyclic) bond motifs is 1. The molecule has 0 radical (unpaired) electrons. The van der Waals surface area contributed by atoms with Crippen molar-refractivity contribution in [2.75, 3.05) is 24.5 Å². The number of piperidine rings is 1. The number of benzene rings is 1. The fourth-order valence-corrected chi connectivity index (χ4v) is 3.50. The summed E-state index contributed by atoms with van der Waals surface area (Å²) in [6, 6.07) is 3.22. The highest BCUT2D eigenvalue weighted by molar-refractivity contribution is 6.04. The van der Waals surface area contributed by atoms with Crippen molar-refractivity contribution in [3.8, 4) is 0 Å². The molecule has 1 aromatic rings. The maximum absolute atomic E-state index is 15.0. The van der Waals surface area contributed by atoms with E-state index in [-0.39, 0.29) is 24.4 Å². The lowest BCUT2D eigenvalue weighted by atomic mass is 9.86. The van der Waals surface area contributed by atoms with Crippen LogP contribution >= 0.6 is 0 Å². The third-order valence-electron chi connectivity index (χ3n) is 4.77. The average molecular weight is 306 g/mol. The van der Waals surface area contributed by atoms with E-state index in [1.54, 1.807) is 13.0 Å². The Balaban J connectivity index is 2.03. The van der Waals surface area contributed by atoms with Crippen LogP contribution in [0.15, 0.2) is 12.1 Å². The van der Waals surface area contributed by atoms with Gasteiger partial charge in [0.25, 0.3) is 5.91 Å². The summed E-state index contributed by atoms with van der Waals surface area (Å²) in [6.07, 6.45) is 0.170. The fraction of sp³-hybridized carbons (Fsp3) is 0.500. The Morgan fingerprint density at radius 1 is 1.41 bits per heavy atom. The molecule has 0 aromatic heterocycles. The Bertz CT molecular complexity index is 661. The molecule has 0 unspecified atom stereocenters. The summed E-state index contributed by atoms with van der Waals surface area (Å²) in [4.78, 5) is 25.3. The summed E-state index contributed by atoms with van der Waals surface area (Å²) < 4.78 is 15.0. The molecule has 6 heteroatoms. The van der Waals surface area contributed by atoms with Crippen LogP contribution in [0.4, 0.5) is 10.1 Å². The minimum Gasteiger partial charge on any atom is -0.478 e. The lowest BCUT2D eigenvalue weighted by molar-refractivity contribution is -0.130. The normalized spacial score (nSPS) is 27.9. The molecule has 2 atom stereocenters. The number of carbonyl (C=O) groups excluding carboxylic acids is 1.